The number of β-amino-alcohol motifs (C(OH)–C–C–N with tert-alkyl or cyclic N) is 1. The summed E-state index contributed by atoms with van der Waals surface area (Å²) in [7, 11) is 1.86. The van der Waals surface area contributed by atoms with Crippen molar-refractivity contribution >= 4 is 16.8 Å². The molecule has 140 valence electrons. The lowest BCUT2D eigenvalue weighted by molar-refractivity contribution is 0.0753. The van der Waals surface area contributed by atoms with Crippen molar-refractivity contribution in [2.24, 2.45) is 0 Å². The maximum atomic E-state index is 12.8. The van der Waals surface area contributed by atoms with Gasteiger partial charge in [0.05, 0.1) is 12.6 Å². The number of rotatable bonds is 4. The van der Waals surface area contributed by atoms with E-state index in [1.165, 1.54) is 25.7 Å². The second-order valence-electron chi connectivity index (χ2n) is 7.80. The molecule has 2 aliphatic heterocycles. The molecule has 5 nitrogen and oxygen atoms in total. The van der Waals surface area contributed by atoms with Crippen molar-refractivity contribution in [3.63, 3.8) is 0 Å². The summed E-state index contributed by atoms with van der Waals surface area (Å²) in [6.07, 6.45) is 5.45. The van der Waals surface area contributed by atoms with Crippen LogP contribution in [0.15, 0.2) is 24.3 Å². The molecule has 0 bridgehead atoms. The first-order chi connectivity index (χ1) is 12.6. The highest BCUT2D eigenvalue weighted by Gasteiger charge is 2.29. The number of hydrogen-bond acceptors (Lipinski definition) is 3. The van der Waals surface area contributed by atoms with E-state index in [0.29, 0.717) is 13.1 Å². The van der Waals surface area contributed by atoms with Crippen LogP contribution in [0.1, 0.15) is 41.7 Å². The lowest BCUT2D eigenvalue weighted by Crippen LogP contribution is -2.38. The lowest BCUT2D eigenvalue weighted by Gasteiger charge is -2.27. The number of amides is 1. The minimum atomic E-state index is -0.465. The fourth-order valence-electron chi connectivity index (χ4n) is 4.51. The molecule has 4 rings (SSSR count). The molecule has 0 spiro atoms. The molecule has 0 aliphatic carbocycles. The molecular weight excluding hydrogens is 326 g/mol. The van der Waals surface area contributed by atoms with E-state index in [2.05, 4.69) is 21.6 Å². The van der Waals surface area contributed by atoms with Crippen LogP contribution in [0.4, 0.5) is 0 Å². The fourth-order valence-corrected chi connectivity index (χ4v) is 4.51. The van der Waals surface area contributed by atoms with Gasteiger partial charge in [-0.2, -0.15) is 0 Å². The molecule has 2 aromatic rings. The van der Waals surface area contributed by atoms with Crippen LogP contribution >= 0.6 is 0 Å². The molecule has 1 amide bonds. The maximum Gasteiger partial charge on any atom is 0.270 e. The first-order valence-corrected chi connectivity index (χ1v) is 9.91. The Kier molecular flexibility index (Phi) is 5.00. The predicted octanol–water partition coefficient (Wildman–Crippen LogP) is 2.51. The van der Waals surface area contributed by atoms with Gasteiger partial charge in [-0.05, 0) is 44.0 Å². The van der Waals surface area contributed by atoms with Crippen LogP contribution in [-0.2, 0) is 13.0 Å². The zero-order chi connectivity index (χ0) is 18.1. The molecule has 1 aromatic carbocycles. The van der Waals surface area contributed by atoms with E-state index < -0.39 is 6.10 Å². The topological polar surface area (TPSA) is 48.7 Å². The van der Waals surface area contributed by atoms with E-state index in [1.807, 2.05) is 19.2 Å². The Morgan fingerprint density at radius 1 is 1.04 bits per heavy atom. The number of fused-ring (bicyclic) bond motifs is 3. The summed E-state index contributed by atoms with van der Waals surface area (Å²) in [6.45, 7) is 4.07. The molecular formula is C21H29N3O2. The Morgan fingerprint density at radius 2 is 1.77 bits per heavy atom. The highest BCUT2D eigenvalue weighted by atomic mass is 16.3. The second-order valence-corrected chi connectivity index (χ2v) is 7.80. The van der Waals surface area contributed by atoms with Gasteiger partial charge < -0.3 is 19.5 Å². The summed E-state index contributed by atoms with van der Waals surface area (Å²) in [5.41, 5.74) is 2.98. The molecule has 0 unspecified atom stereocenters. The normalized spacial score (nSPS) is 20.2. The average molecular weight is 355 g/mol. The number of carbonyl (C=O) groups excluding carboxylic acids is 1. The Labute approximate surface area is 155 Å². The molecule has 0 saturated carbocycles. The van der Waals surface area contributed by atoms with Crippen molar-refractivity contribution in [3.05, 3.63) is 35.5 Å². The first kappa shape index (κ1) is 17.6. The van der Waals surface area contributed by atoms with Gasteiger partial charge in [0.1, 0.15) is 5.69 Å². The van der Waals surface area contributed by atoms with Crippen LogP contribution in [-0.4, -0.2) is 64.7 Å². The average Bonchev–Trinajstić information content (AvgIpc) is 2.78. The smallest absolute Gasteiger partial charge is 0.270 e. The van der Waals surface area contributed by atoms with Crippen LogP contribution in [0.2, 0.25) is 0 Å². The second kappa shape index (κ2) is 7.41. The number of nitrogens with zero attached hydrogens (tertiary/aromatic N) is 3. The third-order valence-electron chi connectivity index (χ3n) is 5.88. The molecule has 26 heavy (non-hydrogen) atoms. The summed E-state index contributed by atoms with van der Waals surface area (Å²) >= 11 is 0. The van der Waals surface area contributed by atoms with Gasteiger partial charge in [-0.3, -0.25) is 4.79 Å². The van der Waals surface area contributed by atoms with Gasteiger partial charge in [0.15, 0.2) is 0 Å². The molecule has 2 aliphatic rings. The summed E-state index contributed by atoms with van der Waals surface area (Å²) in [4.78, 5) is 17.0. The zero-order valence-electron chi connectivity index (χ0n) is 15.7. The van der Waals surface area contributed by atoms with Crippen LogP contribution < -0.4 is 0 Å². The highest BCUT2D eigenvalue weighted by Crippen LogP contribution is 2.30. The third kappa shape index (κ3) is 3.26. The van der Waals surface area contributed by atoms with E-state index in [0.717, 1.165) is 48.2 Å². The van der Waals surface area contributed by atoms with Crippen molar-refractivity contribution < 1.29 is 9.90 Å². The van der Waals surface area contributed by atoms with Crippen LogP contribution in [0.3, 0.4) is 0 Å². The Balaban J connectivity index is 1.62. The number of hydrogen-bond donors (Lipinski definition) is 1. The van der Waals surface area contributed by atoms with E-state index >= 15 is 0 Å². The summed E-state index contributed by atoms with van der Waals surface area (Å²) in [5.74, 6) is 0.0735. The van der Waals surface area contributed by atoms with Gasteiger partial charge in [-0.15, -0.1) is 0 Å². The quantitative estimate of drug-likeness (QED) is 0.917. The molecule has 1 atom stereocenters. The number of para-hydroxylation sites is 1. The van der Waals surface area contributed by atoms with Crippen molar-refractivity contribution in [3.8, 4) is 0 Å². The molecule has 1 aromatic heterocycles. The molecule has 0 radical (unpaired) electrons. The van der Waals surface area contributed by atoms with Crippen LogP contribution in [0, 0.1) is 0 Å². The summed E-state index contributed by atoms with van der Waals surface area (Å²) < 4.78 is 2.06. The highest BCUT2D eigenvalue weighted by molar-refractivity contribution is 6.02. The monoisotopic (exact) mass is 355 g/mol. The molecule has 1 N–H and O–H groups in total. The minimum absolute atomic E-state index is 0.0735. The number of aliphatic hydroxyl groups is 1. The Hall–Kier alpha value is -1.85. The fraction of sp³-hybridized carbons (Fsp3) is 0.571. The molecule has 3 heterocycles. The largest absolute Gasteiger partial charge is 0.390 e. The van der Waals surface area contributed by atoms with E-state index in [9.17, 15) is 9.90 Å². The SMILES string of the molecule is CN1CCc2c(n(C[C@@H](O)CN3CCCCCC3)c3ccccc23)C1=O. The van der Waals surface area contributed by atoms with Crippen molar-refractivity contribution in [1.29, 1.82) is 0 Å². The number of likely N-dealkylation sites (N-methyl/N-ethyl adjacent to an activating group) is 1. The van der Waals surface area contributed by atoms with Gasteiger partial charge in [-0.25, -0.2) is 0 Å². The Bertz CT molecular complexity index is 790. The third-order valence-corrected chi connectivity index (χ3v) is 5.88. The van der Waals surface area contributed by atoms with Gasteiger partial charge in [0, 0.05) is 31.0 Å². The standard InChI is InChI=1S/C21H29N3O2/c1-22-13-10-18-17-8-4-5-9-19(17)24(20(18)21(22)26)15-16(25)14-23-11-6-2-3-7-12-23/h4-5,8-9,16,25H,2-3,6-7,10-15H2,1H3/t16-/m0/s1. The first-order valence-electron chi connectivity index (χ1n) is 9.91. The molecule has 1 fully saturated rings. The lowest BCUT2D eigenvalue weighted by atomic mass is 10.0. The van der Waals surface area contributed by atoms with E-state index in [1.54, 1.807) is 4.90 Å². The van der Waals surface area contributed by atoms with Crippen molar-refractivity contribution in [1.82, 2.24) is 14.4 Å². The number of aromatic nitrogens is 1. The molecule has 5 heteroatoms. The maximum absolute atomic E-state index is 12.8. The summed E-state index contributed by atoms with van der Waals surface area (Å²) in [6, 6.07) is 8.22. The van der Waals surface area contributed by atoms with Gasteiger partial charge in [0.25, 0.3) is 5.91 Å². The predicted molar refractivity (Wildman–Crippen MR) is 104 cm³/mol. The van der Waals surface area contributed by atoms with Gasteiger partial charge in [0.2, 0.25) is 0 Å². The van der Waals surface area contributed by atoms with Gasteiger partial charge >= 0.3 is 0 Å². The van der Waals surface area contributed by atoms with Crippen LogP contribution in [0.5, 0.6) is 0 Å². The zero-order valence-corrected chi connectivity index (χ0v) is 15.7. The summed E-state index contributed by atoms with van der Waals surface area (Å²) in [5, 5.41) is 11.9. The molecule has 1 saturated heterocycles. The van der Waals surface area contributed by atoms with Crippen LogP contribution in [0.25, 0.3) is 10.9 Å². The van der Waals surface area contributed by atoms with Gasteiger partial charge in [-0.1, -0.05) is 31.0 Å². The number of benzene rings is 1. The van der Waals surface area contributed by atoms with E-state index in [-0.39, 0.29) is 5.91 Å². The minimum Gasteiger partial charge on any atom is -0.390 e. The van der Waals surface area contributed by atoms with E-state index in [4.69, 9.17) is 0 Å². The van der Waals surface area contributed by atoms with Crippen molar-refractivity contribution in [2.75, 3.05) is 33.2 Å². The van der Waals surface area contributed by atoms with Crippen molar-refractivity contribution in [2.45, 2.75) is 44.8 Å². The number of aliphatic hydroxyl groups excluding tert-OH is 1. The number of carbonyl (C=O) groups is 1. The number of likely N-dealkylation sites (tertiary alicyclic amines) is 1. The Morgan fingerprint density at radius 3 is 2.54 bits per heavy atom.